The van der Waals surface area contributed by atoms with Crippen LogP contribution in [0, 0.1) is 19.8 Å². The molecule has 1 unspecified atom stereocenters. The molecular formula is C16H19NS. The summed E-state index contributed by atoms with van der Waals surface area (Å²) < 4.78 is 0. The van der Waals surface area contributed by atoms with Crippen molar-refractivity contribution in [3.05, 3.63) is 46.3 Å². The van der Waals surface area contributed by atoms with E-state index in [0.29, 0.717) is 0 Å². The zero-order chi connectivity index (χ0) is 12.7. The van der Waals surface area contributed by atoms with E-state index in [0.717, 1.165) is 5.92 Å². The van der Waals surface area contributed by atoms with E-state index in [1.807, 2.05) is 11.3 Å². The van der Waals surface area contributed by atoms with Gasteiger partial charge in [-0.2, -0.15) is 0 Å². The highest BCUT2D eigenvalue weighted by molar-refractivity contribution is 7.15. The zero-order valence-electron chi connectivity index (χ0n) is 10.9. The van der Waals surface area contributed by atoms with Gasteiger partial charge in [-0.05, 0) is 55.9 Å². The van der Waals surface area contributed by atoms with Crippen molar-refractivity contribution < 1.29 is 0 Å². The molecule has 18 heavy (non-hydrogen) atoms. The van der Waals surface area contributed by atoms with E-state index < -0.39 is 0 Å². The summed E-state index contributed by atoms with van der Waals surface area (Å²) in [5, 5.41) is 0. The van der Waals surface area contributed by atoms with E-state index in [-0.39, 0.29) is 6.04 Å². The molecule has 94 valence electrons. The van der Waals surface area contributed by atoms with Gasteiger partial charge < -0.3 is 5.73 Å². The predicted molar refractivity (Wildman–Crippen MR) is 78.9 cm³/mol. The monoisotopic (exact) mass is 257 g/mol. The summed E-state index contributed by atoms with van der Waals surface area (Å²) in [4.78, 5) is 2.69. The van der Waals surface area contributed by atoms with Crippen molar-refractivity contribution in [1.82, 2.24) is 0 Å². The number of nitrogens with two attached hydrogens (primary N) is 1. The van der Waals surface area contributed by atoms with Crippen LogP contribution in [0.4, 0.5) is 0 Å². The van der Waals surface area contributed by atoms with Gasteiger partial charge in [-0.3, -0.25) is 0 Å². The summed E-state index contributed by atoms with van der Waals surface area (Å²) in [6.07, 6.45) is 2.61. The van der Waals surface area contributed by atoms with Crippen LogP contribution in [0.15, 0.2) is 30.3 Å². The van der Waals surface area contributed by atoms with Crippen LogP contribution in [0.25, 0.3) is 10.4 Å². The lowest BCUT2D eigenvalue weighted by molar-refractivity contribution is 0.645. The molecule has 1 nitrogen and oxygen atoms in total. The largest absolute Gasteiger partial charge is 0.323 e. The molecule has 0 spiro atoms. The minimum atomic E-state index is 0.259. The molecule has 3 rings (SSSR count). The van der Waals surface area contributed by atoms with Gasteiger partial charge in [-0.15, -0.1) is 11.3 Å². The first kappa shape index (κ1) is 11.9. The van der Waals surface area contributed by atoms with Crippen LogP contribution < -0.4 is 5.73 Å². The van der Waals surface area contributed by atoms with Crippen LogP contribution in [0.5, 0.6) is 0 Å². The lowest BCUT2D eigenvalue weighted by Gasteiger charge is -2.07. The van der Waals surface area contributed by atoms with Gasteiger partial charge in [0.1, 0.15) is 0 Å². The molecule has 2 aromatic rings. The van der Waals surface area contributed by atoms with Crippen LogP contribution in [0.2, 0.25) is 0 Å². The molecular weight excluding hydrogens is 238 g/mol. The zero-order valence-corrected chi connectivity index (χ0v) is 11.8. The van der Waals surface area contributed by atoms with Crippen molar-refractivity contribution in [3.8, 4) is 10.4 Å². The summed E-state index contributed by atoms with van der Waals surface area (Å²) >= 11 is 1.86. The number of thiophene rings is 1. The number of hydrogen-bond acceptors (Lipinski definition) is 2. The molecule has 1 aromatic heterocycles. The maximum atomic E-state index is 6.26. The fraction of sp³-hybridized carbons (Fsp3) is 0.375. The fourth-order valence-electron chi connectivity index (χ4n) is 2.45. The van der Waals surface area contributed by atoms with Crippen molar-refractivity contribution in [2.24, 2.45) is 11.7 Å². The first-order valence-corrected chi connectivity index (χ1v) is 7.40. The smallest absolute Gasteiger partial charge is 0.0418 e. The van der Waals surface area contributed by atoms with Gasteiger partial charge in [0, 0.05) is 15.8 Å². The number of aryl methyl sites for hydroxylation is 2. The maximum Gasteiger partial charge on any atom is 0.0418 e. The van der Waals surface area contributed by atoms with E-state index in [2.05, 4.69) is 44.2 Å². The summed E-state index contributed by atoms with van der Waals surface area (Å²) in [6.45, 7) is 4.32. The van der Waals surface area contributed by atoms with Crippen molar-refractivity contribution in [2.75, 3.05) is 0 Å². The van der Waals surface area contributed by atoms with Crippen LogP contribution in [-0.2, 0) is 0 Å². The van der Waals surface area contributed by atoms with Gasteiger partial charge in [0.15, 0.2) is 0 Å². The standard InChI is InChI=1S/C16H19NS/c1-10-3-6-13(11(2)9-10)14-7-8-15(18-14)16(17)12-4-5-12/h3,6-9,12,16H,4-5,17H2,1-2H3. The minimum absolute atomic E-state index is 0.259. The van der Waals surface area contributed by atoms with Crippen molar-refractivity contribution >= 4 is 11.3 Å². The first-order valence-electron chi connectivity index (χ1n) is 6.58. The summed E-state index contributed by atoms with van der Waals surface area (Å²) in [5.74, 6) is 0.732. The highest BCUT2D eigenvalue weighted by Crippen LogP contribution is 2.43. The van der Waals surface area contributed by atoms with Crippen molar-refractivity contribution in [3.63, 3.8) is 0 Å². The van der Waals surface area contributed by atoms with Crippen LogP contribution in [0.3, 0.4) is 0 Å². The lowest BCUT2D eigenvalue weighted by Crippen LogP contribution is -2.10. The summed E-state index contributed by atoms with van der Waals surface area (Å²) in [7, 11) is 0. The van der Waals surface area contributed by atoms with Crippen molar-refractivity contribution in [2.45, 2.75) is 32.7 Å². The Morgan fingerprint density at radius 1 is 1.17 bits per heavy atom. The summed E-state index contributed by atoms with van der Waals surface area (Å²) in [6, 6.07) is 11.3. The second kappa shape index (κ2) is 4.52. The van der Waals surface area contributed by atoms with E-state index in [9.17, 15) is 0 Å². The SMILES string of the molecule is Cc1ccc(-c2ccc(C(N)C3CC3)s2)c(C)c1. The molecule has 0 amide bonds. The third-order valence-corrected chi connectivity index (χ3v) is 4.95. The normalized spacial score (nSPS) is 16.8. The Balaban J connectivity index is 1.92. The predicted octanol–water partition coefficient (Wildman–Crippen LogP) is 4.44. The van der Waals surface area contributed by atoms with Crippen LogP contribution in [0.1, 0.15) is 34.9 Å². The van der Waals surface area contributed by atoms with Gasteiger partial charge in [-0.25, -0.2) is 0 Å². The second-order valence-electron chi connectivity index (χ2n) is 5.38. The topological polar surface area (TPSA) is 26.0 Å². The molecule has 0 bridgehead atoms. The number of rotatable bonds is 3. The molecule has 1 fully saturated rings. The Bertz CT molecular complexity index is 566. The highest BCUT2D eigenvalue weighted by Gasteiger charge is 2.30. The Labute approximate surface area is 113 Å². The third-order valence-electron chi connectivity index (χ3n) is 3.73. The van der Waals surface area contributed by atoms with Crippen molar-refractivity contribution in [1.29, 1.82) is 0 Å². The minimum Gasteiger partial charge on any atom is -0.323 e. The number of benzene rings is 1. The molecule has 0 aliphatic heterocycles. The molecule has 1 aromatic carbocycles. The van der Waals surface area contributed by atoms with E-state index >= 15 is 0 Å². The molecule has 1 aliphatic rings. The lowest BCUT2D eigenvalue weighted by atomic mass is 10.0. The average molecular weight is 257 g/mol. The maximum absolute atomic E-state index is 6.26. The quantitative estimate of drug-likeness (QED) is 0.864. The van der Waals surface area contributed by atoms with Gasteiger partial charge in [0.25, 0.3) is 0 Å². The van der Waals surface area contributed by atoms with E-state index in [1.165, 1.54) is 39.3 Å². The first-order chi connectivity index (χ1) is 8.65. The Morgan fingerprint density at radius 2 is 1.94 bits per heavy atom. The highest BCUT2D eigenvalue weighted by atomic mass is 32.1. The van der Waals surface area contributed by atoms with Crippen LogP contribution in [-0.4, -0.2) is 0 Å². The Morgan fingerprint density at radius 3 is 2.61 bits per heavy atom. The average Bonchev–Trinajstić information content (AvgIpc) is 3.07. The third kappa shape index (κ3) is 2.23. The molecule has 0 saturated heterocycles. The molecule has 1 saturated carbocycles. The second-order valence-corrected chi connectivity index (χ2v) is 6.50. The van der Waals surface area contributed by atoms with E-state index in [1.54, 1.807) is 0 Å². The van der Waals surface area contributed by atoms with Crippen LogP contribution >= 0.6 is 11.3 Å². The molecule has 2 heteroatoms. The molecule has 2 N–H and O–H groups in total. The fourth-order valence-corrected chi connectivity index (χ4v) is 3.65. The van der Waals surface area contributed by atoms with Gasteiger partial charge in [-0.1, -0.05) is 23.8 Å². The van der Waals surface area contributed by atoms with Gasteiger partial charge in [0.05, 0.1) is 0 Å². The Kier molecular flexibility index (Phi) is 3.00. The Hall–Kier alpha value is -1.12. The molecule has 0 radical (unpaired) electrons. The molecule has 1 atom stereocenters. The van der Waals surface area contributed by atoms with Gasteiger partial charge in [0.2, 0.25) is 0 Å². The summed E-state index contributed by atoms with van der Waals surface area (Å²) in [5.41, 5.74) is 10.3. The van der Waals surface area contributed by atoms with E-state index in [4.69, 9.17) is 5.73 Å². The molecule has 1 heterocycles. The number of hydrogen-bond donors (Lipinski definition) is 1. The van der Waals surface area contributed by atoms with Gasteiger partial charge >= 0.3 is 0 Å². The molecule has 1 aliphatic carbocycles.